The highest BCUT2D eigenvalue weighted by atomic mass is 32.1. The van der Waals surface area contributed by atoms with Crippen LogP contribution in [0.4, 0.5) is 5.95 Å². The molecular weight excluding hydrogens is 302 g/mol. The monoisotopic (exact) mass is 315 g/mol. The first-order valence-electron chi connectivity index (χ1n) is 6.06. The van der Waals surface area contributed by atoms with Gasteiger partial charge in [0, 0.05) is 0 Å². The van der Waals surface area contributed by atoms with Gasteiger partial charge in [-0.05, 0) is 12.2 Å². The fraction of sp³-hybridized carbons (Fsp3) is 0.500. The molecule has 114 valence electrons. The summed E-state index contributed by atoms with van der Waals surface area (Å²) in [4.78, 5) is 20.7. The molecule has 1 fully saturated rings. The predicted octanol–water partition coefficient (Wildman–Crippen LogP) is -2.02. The summed E-state index contributed by atoms with van der Waals surface area (Å²) >= 11 is 5.10. The smallest absolute Gasteiger partial charge is 0.278 e. The highest BCUT2D eigenvalue weighted by Crippen LogP contribution is 2.31. The van der Waals surface area contributed by atoms with Crippen molar-refractivity contribution in [2.24, 2.45) is 0 Å². The van der Waals surface area contributed by atoms with E-state index in [9.17, 15) is 15.0 Å². The van der Waals surface area contributed by atoms with Gasteiger partial charge in [0.05, 0.1) is 6.61 Å². The van der Waals surface area contributed by atoms with Crippen LogP contribution in [-0.4, -0.2) is 59.8 Å². The summed E-state index contributed by atoms with van der Waals surface area (Å²) < 4.78 is 6.70. The number of nitrogens with one attached hydrogen (secondary N) is 2. The molecule has 0 radical (unpaired) electrons. The molecule has 0 saturated carbocycles. The maximum Gasteiger partial charge on any atom is 0.278 e. The zero-order valence-electron chi connectivity index (χ0n) is 10.6. The number of H-pyrrole nitrogens is 2. The molecule has 0 amide bonds. The molecule has 1 aliphatic heterocycles. The van der Waals surface area contributed by atoms with Gasteiger partial charge in [-0.2, -0.15) is 4.98 Å². The van der Waals surface area contributed by atoms with Crippen molar-refractivity contribution in [3.8, 4) is 0 Å². The Hall–Kier alpha value is -1.79. The summed E-state index contributed by atoms with van der Waals surface area (Å²) in [5.74, 6) is -0.123. The lowest BCUT2D eigenvalue weighted by molar-refractivity contribution is -0.0516. The van der Waals surface area contributed by atoms with Crippen LogP contribution in [0.25, 0.3) is 11.2 Å². The van der Waals surface area contributed by atoms with Crippen molar-refractivity contribution in [2.45, 2.75) is 24.5 Å². The average molecular weight is 315 g/mol. The van der Waals surface area contributed by atoms with E-state index in [1.54, 1.807) is 0 Å². The molecule has 11 heteroatoms. The normalized spacial score (nSPS) is 29.3. The fourth-order valence-corrected chi connectivity index (χ4v) is 2.65. The second-order valence-corrected chi connectivity index (χ2v) is 5.07. The quantitative estimate of drug-likeness (QED) is 0.346. The molecule has 2 aromatic rings. The van der Waals surface area contributed by atoms with E-state index >= 15 is 0 Å². The van der Waals surface area contributed by atoms with Gasteiger partial charge < -0.3 is 30.8 Å². The lowest BCUT2D eigenvalue weighted by Crippen LogP contribution is -2.33. The highest BCUT2D eigenvalue weighted by molar-refractivity contribution is 7.71. The fourth-order valence-electron chi connectivity index (χ4n) is 2.36. The molecule has 7 N–H and O–H groups in total. The molecule has 3 heterocycles. The van der Waals surface area contributed by atoms with Crippen LogP contribution >= 0.6 is 12.2 Å². The number of rotatable bonds is 2. The van der Waals surface area contributed by atoms with E-state index in [4.69, 9.17) is 27.8 Å². The standard InChI is InChI=1S/C10H13N5O5S/c11-9-13-6-3(7(19)14-9)12-10(21)15(6)8-5(18)4(17)2(1-16)20-8/h2,4-5,8,16-18H,1H2,(H,12,21)(H3,11,13,14,19)/t2-,4+,5+,8-/m1/s1. The predicted molar refractivity (Wildman–Crippen MR) is 73.0 cm³/mol. The SMILES string of the molecule is Nc1nc2c([nH]c(=S)n2[C@@H]2O[C@H](CO)[C@H](O)[C@@H]2O)c(=O)[nH]1. The molecule has 0 aromatic carbocycles. The van der Waals surface area contributed by atoms with Crippen LogP contribution < -0.4 is 11.3 Å². The number of fused-ring (bicyclic) bond motifs is 1. The number of aliphatic hydroxyl groups excluding tert-OH is 3. The van der Waals surface area contributed by atoms with Crippen LogP contribution in [0.3, 0.4) is 0 Å². The third-order valence-electron chi connectivity index (χ3n) is 3.37. The molecule has 21 heavy (non-hydrogen) atoms. The third-order valence-corrected chi connectivity index (χ3v) is 3.67. The molecule has 4 atom stereocenters. The number of hydrogen-bond acceptors (Lipinski definition) is 8. The topological polar surface area (TPSA) is 162 Å². The number of anilines is 1. The van der Waals surface area contributed by atoms with E-state index in [0.717, 1.165) is 0 Å². The van der Waals surface area contributed by atoms with Crippen molar-refractivity contribution >= 4 is 29.3 Å². The van der Waals surface area contributed by atoms with Gasteiger partial charge in [-0.25, -0.2) is 0 Å². The van der Waals surface area contributed by atoms with E-state index in [1.807, 2.05) is 0 Å². The Morgan fingerprint density at radius 2 is 2.10 bits per heavy atom. The minimum absolute atomic E-state index is 0.0726. The van der Waals surface area contributed by atoms with Crippen LogP contribution in [0, 0.1) is 4.77 Å². The van der Waals surface area contributed by atoms with Gasteiger partial charge in [0.25, 0.3) is 5.56 Å². The Morgan fingerprint density at radius 3 is 2.71 bits per heavy atom. The number of ether oxygens (including phenoxy) is 1. The van der Waals surface area contributed by atoms with Crippen molar-refractivity contribution < 1.29 is 20.1 Å². The summed E-state index contributed by atoms with van der Waals surface area (Å²) in [5.41, 5.74) is 5.15. The Kier molecular flexibility index (Phi) is 3.30. The Bertz CT molecular complexity index is 797. The van der Waals surface area contributed by atoms with Gasteiger partial charge in [0.1, 0.15) is 18.3 Å². The van der Waals surface area contributed by atoms with Crippen molar-refractivity contribution in [1.29, 1.82) is 0 Å². The van der Waals surface area contributed by atoms with E-state index in [0.29, 0.717) is 0 Å². The van der Waals surface area contributed by atoms with Gasteiger partial charge >= 0.3 is 0 Å². The van der Waals surface area contributed by atoms with Crippen molar-refractivity contribution in [3.63, 3.8) is 0 Å². The molecule has 1 saturated heterocycles. The van der Waals surface area contributed by atoms with Crippen molar-refractivity contribution in [3.05, 3.63) is 15.1 Å². The number of nitrogens with zero attached hydrogens (tertiary/aromatic N) is 2. The van der Waals surface area contributed by atoms with Crippen LogP contribution in [0.5, 0.6) is 0 Å². The van der Waals surface area contributed by atoms with Crippen LogP contribution in [0.2, 0.25) is 0 Å². The van der Waals surface area contributed by atoms with Gasteiger partial charge in [0.2, 0.25) is 5.95 Å². The summed E-state index contributed by atoms with van der Waals surface area (Å²) in [7, 11) is 0. The van der Waals surface area contributed by atoms with Gasteiger partial charge in [-0.1, -0.05) is 0 Å². The Labute approximate surface area is 121 Å². The minimum atomic E-state index is -1.34. The molecule has 3 rings (SSSR count). The second-order valence-electron chi connectivity index (χ2n) is 4.68. The van der Waals surface area contributed by atoms with Gasteiger partial charge in [-0.15, -0.1) is 0 Å². The number of hydrogen-bond donors (Lipinski definition) is 6. The third kappa shape index (κ3) is 2.06. The van der Waals surface area contributed by atoms with Gasteiger partial charge in [-0.3, -0.25) is 14.3 Å². The number of aliphatic hydroxyl groups is 3. The number of aromatic nitrogens is 4. The first-order valence-corrected chi connectivity index (χ1v) is 6.47. The van der Waals surface area contributed by atoms with Crippen molar-refractivity contribution in [2.75, 3.05) is 12.3 Å². The van der Waals surface area contributed by atoms with Crippen molar-refractivity contribution in [1.82, 2.24) is 19.5 Å². The number of aromatic amines is 2. The molecule has 10 nitrogen and oxygen atoms in total. The lowest BCUT2D eigenvalue weighted by atomic mass is 10.1. The first kappa shape index (κ1) is 14.2. The highest BCUT2D eigenvalue weighted by Gasteiger charge is 2.44. The Morgan fingerprint density at radius 1 is 1.38 bits per heavy atom. The van der Waals surface area contributed by atoms with E-state index in [2.05, 4.69) is 15.0 Å². The van der Waals surface area contributed by atoms with Crippen LogP contribution in [0.1, 0.15) is 6.23 Å². The molecule has 0 unspecified atom stereocenters. The molecule has 0 spiro atoms. The van der Waals surface area contributed by atoms with E-state index in [1.165, 1.54) is 4.57 Å². The molecule has 0 aliphatic carbocycles. The number of nitrogen functional groups attached to an aromatic ring is 1. The Balaban J connectivity index is 2.20. The summed E-state index contributed by atoms with van der Waals surface area (Å²) in [6, 6.07) is 0. The van der Waals surface area contributed by atoms with E-state index in [-0.39, 0.29) is 21.9 Å². The van der Waals surface area contributed by atoms with Crippen LogP contribution in [-0.2, 0) is 4.74 Å². The zero-order valence-corrected chi connectivity index (χ0v) is 11.4. The van der Waals surface area contributed by atoms with Crippen LogP contribution in [0.15, 0.2) is 4.79 Å². The molecular formula is C10H13N5O5S. The average Bonchev–Trinajstić information content (AvgIpc) is 2.89. The number of nitrogens with two attached hydrogens (primary N) is 1. The number of imidazole rings is 1. The maximum atomic E-state index is 11.8. The van der Waals surface area contributed by atoms with Gasteiger partial charge in [0.15, 0.2) is 22.2 Å². The summed E-state index contributed by atoms with van der Waals surface area (Å²) in [6.07, 6.45) is -4.68. The minimum Gasteiger partial charge on any atom is -0.394 e. The second kappa shape index (κ2) is 4.89. The summed E-state index contributed by atoms with van der Waals surface area (Å²) in [5, 5.41) is 28.9. The largest absolute Gasteiger partial charge is 0.394 e. The lowest BCUT2D eigenvalue weighted by Gasteiger charge is -2.16. The first-order chi connectivity index (χ1) is 9.93. The molecule has 2 aromatic heterocycles. The molecule has 0 bridgehead atoms. The molecule has 1 aliphatic rings. The maximum absolute atomic E-state index is 11.8. The summed E-state index contributed by atoms with van der Waals surface area (Å²) in [6.45, 7) is -0.472. The van der Waals surface area contributed by atoms with E-state index < -0.39 is 36.7 Å². The zero-order chi connectivity index (χ0) is 15.3.